The third-order valence-electron chi connectivity index (χ3n) is 1.26. The van der Waals surface area contributed by atoms with Gasteiger partial charge < -0.3 is 4.52 Å². The van der Waals surface area contributed by atoms with E-state index in [1.807, 2.05) is 13.8 Å². The lowest BCUT2D eigenvalue weighted by Gasteiger charge is -1.83. The fourth-order valence-corrected chi connectivity index (χ4v) is 0.728. The molecule has 0 spiro atoms. The second-order valence-electron chi connectivity index (χ2n) is 1.90. The van der Waals surface area contributed by atoms with E-state index in [1.54, 1.807) is 0 Å². The van der Waals surface area contributed by atoms with Crippen LogP contribution >= 0.6 is 0 Å². The monoisotopic (exact) mass is 122 g/mol. The first-order chi connectivity index (χ1) is 4.25. The van der Waals surface area contributed by atoms with Gasteiger partial charge in [0.1, 0.15) is 5.76 Å². The molecule has 0 fully saturated rings. The second-order valence-corrected chi connectivity index (χ2v) is 1.90. The first kappa shape index (κ1) is 6.08. The number of nitrogens with zero attached hydrogens (tertiary/aromatic N) is 1. The van der Waals surface area contributed by atoms with Gasteiger partial charge >= 0.3 is 0 Å². The van der Waals surface area contributed by atoms with Crippen LogP contribution in [0.3, 0.4) is 0 Å². The molecule has 2 heteroatoms. The fraction of sp³-hybridized carbons (Fsp3) is 0.286. The molecule has 0 atom stereocenters. The molecule has 9 heavy (non-hydrogen) atoms. The van der Waals surface area contributed by atoms with Crippen LogP contribution in [0.2, 0.25) is 0 Å². The maximum absolute atomic E-state index is 5.27. The third-order valence-corrected chi connectivity index (χ3v) is 1.26. The van der Waals surface area contributed by atoms with Crippen LogP contribution in [0.5, 0.6) is 0 Å². The zero-order chi connectivity index (χ0) is 6.85. The Hall–Kier alpha value is -1.05. The predicted octanol–water partition coefficient (Wildman–Crippen LogP) is 1.74. The van der Waals surface area contributed by atoms with E-state index in [9.17, 15) is 0 Å². The van der Waals surface area contributed by atoms with Gasteiger partial charge in [-0.3, -0.25) is 0 Å². The van der Waals surface area contributed by atoms with Gasteiger partial charge in [0.2, 0.25) is 0 Å². The van der Waals surface area contributed by atoms with Crippen molar-refractivity contribution in [2.45, 2.75) is 13.8 Å². The van der Waals surface area contributed by atoms with Crippen LogP contribution < -0.4 is 0 Å². The van der Waals surface area contributed by atoms with Crippen molar-refractivity contribution in [3.63, 3.8) is 0 Å². The van der Waals surface area contributed by atoms with Crippen molar-refractivity contribution in [3.8, 4) is 0 Å². The zero-order valence-corrected chi connectivity index (χ0v) is 5.51. The smallest absolute Gasteiger partial charge is 0.141 e. The van der Waals surface area contributed by atoms with Crippen LogP contribution in [0.25, 0.3) is 6.08 Å². The SMILES string of the molecule is [CH]=Cc1c(C)noc1C. The molecule has 0 amide bonds. The molecule has 0 saturated carbocycles. The van der Waals surface area contributed by atoms with Crippen molar-refractivity contribution in [1.29, 1.82) is 0 Å². The average molecular weight is 122 g/mol. The summed E-state index contributed by atoms with van der Waals surface area (Å²) in [7, 11) is 0. The van der Waals surface area contributed by atoms with E-state index in [0.717, 1.165) is 17.0 Å². The van der Waals surface area contributed by atoms with Gasteiger partial charge in [0.25, 0.3) is 0 Å². The van der Waals surface area contributed by atoms with E-state index >= 15 is 0 Å². The molecular formula is C7H8NO. The van der Waals surface area contributed by atoms with Gasteiger partial charge in [0.15, 0.2) is 0 Å². The Morgan fingerprint density at radius 1 is 1.56 bits per heavy atom. The average Bonchev–Trinajstić information content (AvgIpc) is 2.12. The summed E-state index contributed by atoms with van der Waals surface area (Å²) >= 11 is 0. The van der Waals surface area contributed by atoms with Gasteiger partial charge in [0, 0.05) is 5.56 Å². The normalized spacial score (nSPS) is 9.56. The van der Waals surface area contributed by atoms with Crippen LogP contribution in [0.1, 0.15) is 17.0 Å². The fourth-order valence-electron chi connectivity index (χ4n) is 0.728. The highest BCUT2D eigenvalue weighted by Gasteiger charge is 2.02. The number of aromatic nitrogens is 1. The summed E-state index contributed by atoms with van der Waals surface area (Å²) in [5.41, 5.74) is 1.74. The maximum Gasteiger partial charge on any atom is 0.141 e. The molecule has 0 aliphatic rings. The van der Waals surface area contributed by atoms with Gasteiger partial charge in [-0.1, -0.05) is 11.7 Å². The molecule has 0 saturated heterocycles. The highest BCUT2D eigenvalue weighted by atomic mass is 16.5. The summed E-state index contributed by atoms with van der Waals surface area (Å²) < 4.78 is 4.82. The van der Waals surface area contributed by atoms with Gasteiger partial charge in [-0.05, 0) is 19.9 Å². The largest absolute Gasteiger partial charge is 0.361 e. The van der Waals surface area contributed by atoms with Crippen molar-refractivity contribution in [1.82, 2.24) is 5.16 Å². The van der Waals surface area contributed by atoms with Gasteiger partial charge in [0.05, 0.1) is 5.69 Å². The Morgan fingerprint density at radius 3 is 2.44 bits per heavy atom. The summed E-state index contributed by atoms with van der Waals surface area (Å²) in [6.07, 6.45) is 1.50. The summed E-state index contributed by atoms with van der Waals surface area (Å²) in [4.78, 5) is 0. The minimum atomic E-state index is 0.773. The standard InChI is InChI=1S/C7H8NO/c1-4-7-5(2)8-9-6(7)3/h1,4H,2-3H3. The van der Waals surface area contributed by atoms with Crippen LogP contribution in [-0.4, -0.2) is 5.16 Å². The van der Waals surface area contributed by atoms with E-state index in [2.05, 4.69) is 5.16 Å². The van der Waals surface area contributed by atoms with Gasteiger partial charge in [-0.2, -0.15) is 0 Å². The predicted molar refractivity (Wildman–Crippen MR) is 34.7 cm³/mol. The molecule has 0 N–H and O–H groups in total. The Labute approximate surface area is 54.2 Å². The van der Waals surface area contributed by atoms with Crippen LogP contribution in [0, 0.1) is 20.4 Å². The Kier molecular flexibility index (Phi) is 1.39. The van der Waals surface area contributed by atoms with Crippen LogP contribution in [0.15, 0.2) is 4.52 Å². The number of rotatable bonds is 1. The number of aryl methyl sites for hydroxylation is 2. The maximum atomic E-state index is 5.27. The molecule has 0 unspecified atom stereocenters. The molecule has 1 aromatic rings. The molecule has 1 radical (unpaired) electrons. The van der Waals surface area contributed by atoms with Crippen molar-refractivity contribution >= 4 is 6.08 Å². The van der Waals surface area contributed by atoms with Crippen LogP contribution in [-0.2, 0) is 0 Å². The molecule has 0 aliphatic carbocycles. The molecule has 0 bridgehead atoms. The first-order valence-electron chi connectivity index (χ1n) is 2.73. The number of hydrogen-bond donors (Lipinski definition) is 0. The van der Waals surface area contributed by atoms with E-state index in [-0.39, 0.29) is 0 Å². The summed E-state index contributed by atoms with van der Waals surface area (Å²) in [6, 6.07) is 0. The van der Waals surface area contributed by atoms with E-state index in [1.165, 1.54) is 6.08 Å². The van der Waals surface area contributed by atoms with E-state index < -0.39 is 0 Å². The lowest BCUT2D eigenvalue weighted by atomic mass is 10.2. The zero-order valence-electron chi connectivity index (χ0n) is 5.51. The lowest BCUT2D eigenvalue weighted by Crippen LogP contribution is -1.73. The molecule has 2 nitrogen and oxygen atoms in total. The quantitative estimate of drug-likeness (QED) is 0.567. The number of hydrogen-bond acceptors (Lipinski definition) is 2. The Balaban J connectivity index is 3.22. The van der Waals surface area contributed by atoms with Gasteiger partial charge in [-0.15, -0.1) is 0 Å². The molecule has 0 aliphatic heterocycles. The molecule has 1 rings (SSSR count). The third kappa shape index (κ3) is 0.875. The lowest BCUT2D eigenvalue weighted by molar-refractivity contribution is 0.393. The summed E-state index contributed by atoms with van der Waals surface area (Å²) in [6.45, 7) is 8.96. The summed E-state index contributed by atoms with van der Waals surface area (Å²) in [5.74, 6) is 0.773. The second kappa shape index (κ2) is 2.05. The molecule has 1 aromatic heterocycles. The topological polar surface area (TPSA) is 26.0 Å². The molecular weight excluding hydrogens is 114 g/mol. The van der Waals surface area contributed by atoms with Crippen LogP contribution in [0.4, 0.5) is 0 Å². The first-order valence-corrected chi connectivity index (χ1v) is 2.73. The summed E-state index contributed by atoms with van der Waals surface area (Å²) in [5, 5.41) is 3.70. The van der Waals surface area contributed by atoms with Crippen molar-refractivity contribution < 1.29 is 4.52 Å². The molecule has 47 valence electrons. The minimum Gasteiger partial charge on any atom is -0.361 e. The Morgan fingerprint density at radius 2 is 2.22 bits per heavy atom. The van der Waals surface area contributed by atoms with Crippen molar-refractivity contribution in [2.75, 3.05) is 0 Å². The molecule has 1 heterocycles. The van der Waals surface area contributed by atoms with Crippen molar-refractivity contribution in [3.05, 3.63) is 23.6 Å². The highest BCUT2D eigenvalue weighted by Crippen LogP contribution is 2.11. The van der Waals surface area contributed by atoms with E-state index in [4.69, 9.17) is 11.1 Å². The van der Waals surface area contributed by atoms with E-state index in [0.29, 0.717) is 0 Å². The van der Waals surface area contributed by atoms with Gasteiger partial charge in [-0.25, -0.2) is 0 Å². The minimum absolute atomic E-state index is 0.773. The highest BCUT2D eigenvalue weighted by molar-refractivity contribution is 5.49. The Bertz CT molecular complexity index is 205. The van der Waals surface area contributed by atoms with Crippen molar-refractivity contribution in [2.24, 2.45) is 0 Å². The molecule has 0 aromatic carbocycles.